The highest BCUT2D eigenvalue weighted by atomic mass is 16.5. The molecule has 3 aromatic rings. The largest absolute Gasteiger partial charge is 0.480 e. The molecular weight excluding hydrogens is 482 g/mol. The Balaban J connectivity index is 1.64. The predicted molar refractivity (Wildman–Crippen MR) is 144 cm³/mol. The van der Waals surface area contributed by atoms with Crippen molar-refractivity contribution in [1.82, 2.24) is 14.8 Å². The summed E-state index contributed by atoms with van der Waals surface area (Å²) >= 11 is 0. The number of aromatic nitrogens is 1. The lowest BCUT2D eigenvalue weighted by Crippen LogP contribution is -2.62. The minimum Gasteiger partial charge on any atom is -0.480 e. The molecule has 200 valence electrons. The molecule has 0 saturated carbocycles. The zero-order valence-electron chi connectivity index (χ0n) is 22.3. The minimum atomic E-state index is -1.45. The van der Waals surface area contributed by atoms with E-state index in [9.17, 15) is 19.5 Å². The van der Waals surface area contributed by atoms with Gasteiger partial charge in [0.2, 0.25) is 5.91 Å². The molecule has 2 unspecified atom stereocenters. The summed E-state index contributed by atoms with van der Waals surface area (Å²) < 4.78 is 7.53. The first-order valence-corrected chi connectivity index (χ1v) is 12.8. The number of aryl methyl sites for hydroxylation is 2. The second-order valence-corrected chi connectivity index (χ2v) is 10.3. The van der Waals surface area contributed by atoms with Crippen LogP contribution in [0.2, 0.25) is 0 Å². The molecular formula is C30H35N3O5. The van der Waals surface area contributed by atoms with Gasteiger partial charge in [-0.2, -0.15) is 0 Å². The fourth-order valence-corrected chi connectivity index (χ4v) is 5.15. The third kappa shape index (κ3) is 5.97. The van der Waals surface area contributed by atoms with Gasteiger partial charge in [-0.25, -0.2) is 4.79 Å². The second-order valence-electron chi connectivity index (χ2n) is 10.3. The molecule has 1 fully saturated rings. The van der Waals surface area contributed by atoms with Crippen molar-refractivity contribution in [2.24, 2.45) is 0 Å². The highest BCUT2D eigenvalue weighted by Gasteiger charge is 2.45. The Morgan fingerprint density at radius 1 is 1.11 bits per heavy atom. The van der Waals surface area contributed by atoms with E-state index in [2.05, 4.69) is 5.32 Å². The van der Waals surface area contributed by atoms with Crippen LogP contribution in [0.4, 0.5) is 0 Å². The molecule has 0 aliphatic carbocycles. The van der Waals surface area contributed by atoms with Gasteiger partial charge in [0.25, 0.3) is 5.91 Å². The molecule has 2 aromatic carbocycles. The maximum Gasteiger partial charge on any atom is 0.329 e. The summed E-state index contributed by atoms with van der Waals surface area (Å²) in [6.07, 6.45) is 4.12. The summed E-state index contributed by atoms with van der Waals surface area (Å²) in [5, 5.41) is 12.9. The zero-order chi connectivity index (χ0) is 27.4. The number of ether oxygens (including phenoxy) is 1. The third-order valence-electron chi connectivity index (χ3n) is 7.17. The number of nitrogens with zero attached hydrogens (tertiary/aromatic N) is 2. The van der Waals surface area contributed by atoms with E-state index in [-0.39, 0.29) is 37.9 Å². The van der Waals surface area contributed by atoms with Gasteiger partial charge in [-0.15, -0.1) is 0 Å². The Bertz CT molecular complexity index is 1280. The molecule has 8 heteroatoms. The quantitative estimate of drug-likeness (QED) is 0.472. The van der Waals surface area contributed by atoms with Gasteiger partial charge >= 0.3 is 5.97 Å². The van der Waals surface area contributed by atoms with E-state index in [4.69, 9.17) is 4.74 Å². The first-order chi connectivity index (χ1) is 18.1. The van der Waals surface area contributed by atoms with E-state index in [0.717, 1.165) is 22.4 Å². The summed E-state index contributed by atoms with van der Waals surface area (Å²) in [5.74, 6) is -1.90. The topological polar surface area (TPSA) is 101 Å². The molecule has 2 amide bonds. The molecule has 38 heavy (non-hydrogen) atoms. The van der Waals surface area contributed by atoms with Crippen LogP contribution in [0.15, 0.2) is 67.0 Å². The molecule has 0 radical (unpaired) electrons. The monoisotopic (exact) mass is 517 g/mol. The average molecular weight is 518 g/mol. The number of carboxylic acids is 1. The van der Waals surface area contributed by atoms with Gasteiger partial charge < -0.3 is 24.6 Å². The third-order valence-corrected chi connectivity index (χ3v) is 7.17. The molecule has 1 saturated heterocycles. The summed E-state index contributed by atoms with van der Waals surface area (Å²) in [6, 6.07) is 16.3. The predicted octanol–water partition coefficient (Wildman–Crippen LogP) is 3.92. The summed E-state index contributed by atoms with van der Waals surface area (Å²) in [4.78, 5) is 41.1. The lowest BCUT2D eigenvalue weighted by molar-refractivity contribution is -0.155. The highest BCUT2D eigenvalue weighted by Crippen LogP contribution is 2.26. The zero-order valence-corrected chi connectivity index (χ0v) is 22.3. The lowest BCUT2D eigenvalue weighted by Gasteiger charge is -2.39. The van der Waals surface area contributed by atoms with Crippen LogP contribution >= 0.6 is 0 Å². The number of aliphatic carboxylic acids is 1. The van der Waals surface area contributed by atoms with E-state index in [1.54, 1.807) is 26.1 Å². The molecule has 0 bridgehead atoms. The van der Waals surface area contributed by atoms with Crippen LogP contribution in [0.1, 0.15) is 46.8 Å². The van der Waals surface area contributed by atoms with Crippen molar-refractivity contribution in [2.75, 3.05) is 13.7 Å². The van der Waals surface area contributed by atoms with E-state index >= 15 is 0 Å². The van der Waals surface area contributed by atoms with Gasteiger partial charge in [-0.05, 0) is 62.7 Å². The number of nitrogens with one attached hydrogen (secondary N) is 1. The van der Waals surface area contributed by atoms with Gasteiger partial charge in [-0.1, -0.05) is 29.3 Å². The van der Waals surface area contributed by atoms with Crippen molar-refractivity contribution in [1.29, 1.82) is 0 Å². The van der Waals surface area contributed by atoms with Gasteiger partial charge in [0, 0.05) is 56.6 Å². The van der Waals surface area contributed by atoms with Gasteiger partial charge in [0.1, 0.15) is 11.6 Å². The highest BCUT2D eigenvalue weighted by molar-refractivity contribution is 5.98. The number of hydrogen-bond donors (Lipinski definition) is 2. The molecule has 4 rings (SSSR count). The molecule has 1 aliphatic heterocycles. The van der Waals surface area contributed by atoms with Crippen LogP contribution in [0.3, 0.4) is 0 Å². The van der Waals surface area contributed by atoms with E-state index in [1.807, 2.05) is 73.3 Å². The van der Waals surface area contributed by atoms with Gasteiger partial charge in [0.05, 0.1) is 6.10 Å². The Morgan fingerprint density at radius 3 is 2.32 bits per heavy atom. The normalized spacial score (nSPS) is 19.9. The van der Waals surface area contributed by atoms with Crippen LogP contribution in [-0.4, -0.2) is 63.7 Å². The van der Waals surface area contributed by atoms with Crippen LogP contribution in [0, 0.1) is 13.8 Å². The number of hydrogen-bond acceptors (Lipinski definition) is 4. The van der Waals surface area contributed by atoms with Crippen molar-refractivity contribution in [3.8, 4) is 5.69 Å². The van der Waals surface area contributed by atoms with Crippen molar-refractivity contribution >= 4 is 17.8 Å². The Labute approximate surface area is 223 Å². The van der Waals surface area contributed by atoms with Crippen LogP contribution in [0.5, 0.6) is 0 Å². The maximum atomic E-state index is 13.8. The number of amides is 2. The molecule has 0 spiro atoms. The molecule has 2 heterocycles. The number of likely N-dealkylation sites (N-methyl/N-ethyl adjacent to an activating group) is 1. The van der Waals surface area contributed by atoms with Crippen LogP contribution in [0.25, 0.3) is 5.69 Å². The van der Waals surface area contributed by atoms with E-state index < -0.39 is 23.5 Å². The van der Waals surface area contributed by atoms with Crippen LogP contribution < -0.4 is 5.32 Å². The molecule has 1 aliphatic rings. The molecule has 2 N–H and O–H groups in total. The van der Waals surface area contributed by atoms with Crippen molar-refractivity contribution in [3.05, 3.63) is 89.2 Å². The standard InChI is InChI=1S/C30H35N3O5/c1-20-15-21(2)17-24(16-20)28(35)32(4)26(18-23-7-9-25(10-8-23)33-12-5-6-13-33)27(34)31-30(29(36)37)11-14-38-22(3)19-30/h5-10,12-13,15-17,22,26H,11,14,18-19H2,1-4H3,(H,31,34)(H,36,37)/t22?,26-,30?/m0/s1. The summed E-state index contributed by atoms with van der Waals surface area (Å²) in [7, 11) is 1.60. The SMILES string of the molecule is Cc1cc(C)cc(C(=O)N(C)[C@@H](Cc2ccc(-n3cccc3)cc2)C(=O)NC2(C(=O)O)CCOC(C)C2)c1. The first kappa shape index (κ1) is 27.1. The second kappa shape index (κ2) is 11.2. The number of carbonyl (C=O) groups is 3. The molecule has 1 aromatic heterocycles. The Hall–Kier alpha value is -3.91. The van der Waals surface area contributed by atoms with Crippen molar-refractivity contribution < 1.29 is 24.2 Å². The fraction of sp³-hybridized carbons (Fsp3) is 0.367. The lowest BCUT2D eigenvalue weighted by atomic mass is 9.86. The smallest absolute Gasteiger partial charge is 0.329 e. The van der Waals surface area contributed by atoms with E-state index in [0.29, 0.717) is 5.56 Å². The van der Waals surface area contributed by atoms with Crippen molar-refractivity contribution in [3.63, 3.8) is 0 Å². The minimum absolute atomic E-state index is 0.154. The van der Waals surface area contributed by atoms with Gasteiger partial charge in [-0.3, -0.25) is 9.59 Å². The number of carboxylic acid groups (broad SMARTS) is 1. The average Bonchev–Trinajstić information content (AvgIpc) is 3.41. The van der Waals surface area contributed by atoms with Crippen molar-refractivity contribution in [2.45, 2.75) is 57.7 Å². The first-order valence-electron chi connectivity index (χ1n) is 12.8. The maximum absolute atomic E-state index is 13.8. The Kier molecular flexibility index (Phi) is 8.02. The Morgan fingerprint density at radius 2 is 1.74 bits per heavy atom. The molecule has 3 atom stereocenters. The summed E-state index contributed by atoms with van der Waals surface area (Å²) in [6.45, 7) is 5.87. The number of benzene rings is 2. The summed E-state index contributed by atoms with van der Waals surface area (Å²) in [5.41, 5.74) is 2.76. The molecule has 8 nitrogen and oxygen atoms in total. The van der Waals surface area contributed by atoms with Crippen LogP contribution in [-0.2, 0) is 20.7 Å². The number of carbonyl (C=O) groups excluding carboxylic acids is 2. The fourth-order valence-electron chi connectivity index (χ4n) is 5.15. The van der Waals surface area contributed by atoms with Gasteiger partial charge in [0.15, 0.2) is 0 Å². The van der Waals surface area contributed by atoms with E-state index in [1.165, 1.54) is 4.90 Å². The number of rotatable bonds is 8.